The van der Waals surface area contributed by atoms with Crippen LogP contribution in [0, 0.1) is 0 Å². The van der Waals surface area contributed by atoms with Gasteiger partial charge in [0.2, 0.25) is 0 Å². The van der Waals surface area contributed by atoms with Gasteiger partial charge in [0, 0.05) is 0 Å². The van der Waals surface area contributed by atoms with E-state index in [-0.39, 0.29) is 6.26 Å². The second-order valence-corrected chi connectivity index (χ2v) is 2.28. The van der Waals surface area contributed by atoms with Crippen molar-refractivity contribution in [2.45, 2.75) is 12.5 Å². The number of hydrogen-bond acceptors (Lipinski definition) is 3. The van der Waals surface area contributed by atoms with Crippen LogP contribution in [-0.4, -0.2) is 21.0 Å². The molecule has 0 fully saturated rings. The third-order valence-corrected chi connectivity index (χ3v) is 0.495. The number of hydrogen-bond donors (Lipinski definition) is 0. The van der Waals surface area contributed by atoms with E-state index in [1.807, 2.05) is 0 Å². The Hall–Kier alpha value is -0.930. The van der Waals surface area contributed by atoms with E-state index >= 15 is 0 Å². The lowest BCUT2D eigenvalue weighted by atomic mass is 10.7. The van der Waals surface area contributed by atoms with Crippen molar-refractivity contribution in [2.75, 3.05) is 0 Å². The van der Waals surface area contributed by atoms with Gasteiger partial charge in [0.25, 0.3) is 0 Å². The van der Waals surface area contributed by atoms with Gasteiger partial charge < -0.3 is 4.74 Å². The van der Waals surface area contributed by atoms with Crippen molar-refractivity contribution >= 4 is 10.6 Å². The lowest BCUT2D eigenvalue weighted by Crippen LogP contribution is -2.27. The zero-order chi connectivity index (χ0) is 12.0. The van der Waals surface area contributed by atoms with Gasteiger partial charge in [-0.05, 0) is 0 Å². The van der Waals surface area contributed by atoms with E-state index in [0.29, 0.717) is 0 Å². The predicted octanol–water partition coefficient (Wildman–Crippen LogP) is 2.17. The van der Waals surface area contributed by atoms with Gasteiger partial charge in [-0.2, -0.15) is 26.0 Å². The molecule has 0 heterocycles. The molecular weight excluding hydrogens is 242 g/mol. The number of rotatable bonds is 3. The molecule has 0 aliphatic heterocycles. The van der Waals surface area contributed by atoms with E-state index in [1.54, 1.807) is 0 Å². The van der Waals surface area contributed by atoms with Crippen LogP contribution in [0.1, 0.15) is 0 Å². The van der Waals surface area contributed by atoms with E-state index < -0.39 is 23.1 Å². The summed E-state index contributed by atoms with van der Waals surface area (Å²) in [6.45, 7) is 2.69. The second kappa shape index (κ2) is 5.73. The van der Waals surface area contributed by atoms with Crippen molar-refractivity contribution in [1.29, 1.82) is 0 Å². The molecule has 0 atom stereocenters. The lowest BCUT2D eigenvalue weighted by molar-refractivity contribution is -0.274. The van der Waals surface area contributed by atoms with Gasteiger partial charge in [-0.1, -0.05) is 14.4 Å². The molecule has 3 nitrogen and oxygen atoms in total. The first-order chi connectivity index (χ1) is 6.00. The molecule has 0 spiro atoms. The Morgan fingerprint density at radius 1 is 1.29 bits per heavy atom. The molecule has 0 amide bonds. The molecule has 0 aliphatic rings. The van der Waals surface area contributed by atoms with Gasteiger partial charge in [0.05, 0.1) is 6.26 Å². The van der Waals surface area contributed by atoms with Gasteiger partial charge in [-0.25, -0.2) is 0 Å². The number of ether oxygens (including phenoxy) is 1. The normalized spacial score (nSPS) is 11.6. The molecule has 14 heavy (non-hydrogen) atoms. The summed E-state index contributed by atoms with van der Waals surface area (Å²) in [4.78, 5) is 0. The van der Waals surface area contributed by atoms with Crippen LogP contribution in [0.3, 0.4) is 0 Å². The molecule has 0 aromatic rings. The minimum atomic E-state index is -5.67. The first-order valence-electron chi connectivity index (χ1n) is 2.59. The Balaban J connectivity index is 0. The molecule has 86 valence electrons. The van der Waals surface area contributed by atoms with Crippen LogP contribution in [0.5, 0.6) is 0 Å². The van der Waals surface area contributed by atoms with E-state index in [2.05, 4.69) is 11.3 Å². The Bertz CT molecular complexity index is 252. The van der Waals surface area contributed by atoms with E-state index in [9.17, 15) is 25.3 Å². The van der Waals surface area contributed by atoms with Gasteiger partial charge in [0.15, 0.2) is 0 Å². The number of alkyl halides is 4. The molecule has 0 radical (unpaired) electrons. The quantitative estimate of drug-likeness (QED) is 0.435. The molecule has 0 bridgehead atoms. The maximum Gasteiger partial charge on any atom is 0.476 e. The van der Waals surface area contributed by atoms with Crippen molar-refractivity contribution in [3.63, 3.8) is 0 Å². The summed E-state index contributed by atoms with van der Waals surface area (Å²) >= 11 is 0. The summed E-state index contributed by atoms with van der Waals surface area (Å²) in [5.74, 6) is 0. The minimum absolute atomic E-state index is 0.270. The van der Waals surface area contributed by atoms with Gasteiger partial charge in [-0.3, -0.25) is 0 Å². The van der Waals surface area contributed by atoms with Crippen LogP contribution < -0.4 is 0 Å². The molecule has 0 saturated heterocycles. The Morgan fingerprint density at radius 3 is 1.64 bits per heavy atom. The molecule has 0 rings (SSSR count). The first kappa shape index (κ1) is 15.5. The summed E-state index contributed by atoms with van der Waals surface area (Å²) in [6.07, 6.45) is -7.94. The number of halogens is 6. The maximum absolute atomic E-state index is 11.5. The van der Waals surface area contributed by atoms with Gasteiger partial charge in [-0.15, -0.1) is 0 Å². The summed E-state index contributed by atoms with van der Waals surface area (Å²) in [6, 6.07) is 0. The fourth-order valence-corrected chi connectivity index (χ4v) is 0.163. The SMILES string of the molecule is C=COC(F)(F)C(F)F.O=S(=O)(F)F. The Morgan fingerprint density at radius 2 is 1.57 bits per heavy atom. The highest BCUT2D eigenvalue weighted by Gasteiger charge is 2.42. The molecule has 0 N–H and O–H groups in total. The predicted molar refractivity (Wildman–Crippen MR) is 33.4 cm³/mol. The first-order valence-corrected chi connectivity index (χ1v) is 3.88. The van der Waals surface area contributed by atoms with Gasteiger partial charge in [0.1, 0.15) is 0 Å². The fourth-order valence-electron chi connectivity index (χ4n) is 0.163. The van der Waals surface area contributed by atoms with Crippen molar-refractivity contribution in [3.05, 3.63) is 12.8 Å². The van der Waals surface area contributed by atoms with Crippen LogP contribution >= 0.6 is 0 Å². The summed E-state index contributed by atoms with van der Waals surface area (Å²) in [5, 5.41) is 0. The Labute approximate surface area is 75.5 Å². The molecular formula is C4H4F6O3S. The maximum atomic E-state index is 11.5. The Kier molecular flexibility index (Phi) is 6.36. The van der Waals surface area contributed by atoms with Crippen molar-refractivity contribution in [2.24, 2.45) is 0 Å². The largest absolute Gasteiger partial charge is 0.476 e. The minimum Gasteiger partial charge on any atom is -0.437 e. The third kappa shape index (κ3) is 13.6. The van der Waals surface area contributed by atoms with Crippen molar-refractivity contribution in [3.8, 4) is 0 Å². The highest BCUT2D eigenvalue weighted by molar-refractivity contribution is 7.81. The second-order valence-electron chi connectivity index (χ2n) is 1.53. The highest BCUT2D eigenvalue weighted by atomic mass is 32.3. The fraction of sp³-hybridized carbons (Fsp3) is 0.500. The van der Waals surface area contributed by atoms with Crippen molar-refractivity contribution in [1.82, 2.24) is 0 Å². The molecule has 0 saturated carbocycles. The van der Waals surface area contributed by atoms with Crippen molar-refractivity contribution < 1.29 is 38.5 Å². The monoisotopic (exact) mass is 246 g/mol. The topological polar surface area (TPSA) is 43.4 Å². The standard InChI is InChI=1S/C4H4F4O.F2O2S/c1-2-9-4(7,8)3(5)6;1-5(2,3)4/h2-3H,1H2;. The third-order valence-electron chi connectivity index (χ3n) is 0.495. The molecule has 0 aromatic heterocycles. The van der Waals surface area contributed by atoms with E-state index in [1.165, 1.54) is 0 Å². The zero-order valence-corrected chi connectivity index (χ0v) is 7.08. The van der Waals surface area contributed by atoms with E-state index in [4.69, 9.17) is 8.42 Å². The van der Waals surface area contributed by atoms with E-state index in [0.717, 1.165) is 0 Å². The molecule has 0 aromatic carbocycles. The van der Waals surface area contributed by atoms with Crippen LogP contribution in [0.25, 0.3) is 0 Å². The highest BCUT2D eigenvalue weighted by Crippen LogP contribution is 2.23. The molecule has 0 aliphatic carbocycles. The summed E-state index contributed by atoms with van der Waals surface area (Å²) < 4.78 is 84.9. The van der Waals surface area contributed by atoms with Gasteiger partial charge >= 0.3 is 23.1 Å². The van der Waals surface area contributed by atoms with Crippen LogP contribution in [0.15, 0.2) is 12.8 Å². The van der Waals surface area contributed by atoms with Crippen LogP contribution in [-0.2, 0) is 15.3 Å². The summed E-state index contributed by atoms with van der Waals surface area (Å²) in [5.41, 5.74) is 0. The average molecular weight is 246 g/mol. The lowest BCUT2D eigenvalue weighted by Gasteiger charge is -2.12. The molecule has 10 heteroatoms. The zero-order valence-electron chi connectivity index (χ0n) is 6.26. The van der Waals surface area contributed by atoms with Crippen LogP contribution in [0.2, 0.25) is 0 Å². The average Bonchev–Trinajstić information content (AvgIpc) is 1.82. The van der Waals surface area contributed by atoms with Crippen LogP contribution in [0.4, 0.5) is 25.3 Å². The summed E-state index contributed by atoms with van der Waals surface area (Å²) in [7, 11) is -5.67. The smallest absolute Gasteiger partial charge is 0.437 e. The molecule has 0 unspecified atom stereocenters.